The van der Waals surface area contributed by atoms with E-state index in [-0.39, 0.29) is 0 Å². The molecule has 0 spiro atoms. The van der Waals surface area contributed by atoms with Crippen LogP contribution in [0.1, 0.15) is 31.4 Å². The fourth-order valence-corrected chi connectivity index (χ4v) is 3.06. The number of benzene rings is 1. The van der Waals surface area contributed by atoms with Crippen LogP contribution >= 0.6 is 0 Å². The summed E-state index contributed by atoms with van der Waals surface area (Å²) in [5, 5.41) is 0. The predicted molar refractivity (Wildman–Crippen MR) is 85.4 cm³/mol. The zero-order chi connectivity index (χ0) is 14.7. The van der Waals surface area contributed by atoms with Crippen LogP contribution in [0.25, 0.3) is 11.3 Å². The van der Waals surface area contributed by atoms with Crippen LogP contribution in [-0.2, 0) is 0 Å². The minimum Gasteiger partial charge on any atom is -0.494 e. The van der Waals surface area contributed by atoms with Gasteiger partial charge in [0.15, 0.2) is 0 Å². The van der Waals surface area contributed by atoms with Gasteiger partial charge in [-0.15, -0.1) is 0 Å². The molecular weight excluding hydrogens is 260 g/mol. The molecule has 1 saturated heterocycles. The van der Waals surface area contributed by atoms with Crippen LogP contribution in [0.15, 0.2) is 42.6 Å². The Kier molecular flexibility index (Phi) is 4.20. The van der Waals surface area contributed by atoms with Gasteiger partial charge in [0.2, 0.25) is 0 Å². The quantitative estimate of drug-likeness (QED) is 0.850. The van der Waals surface area contributed by atoms with Crippen molar-refractivity contribution in [3.05, 3.63) is 48.2 Å². The van der Waals surface area contributed by atoms with Crippen LogP contribution in [0.5, 0.6) is 5.75 Å². The smallest absolute Gasteiger partial charge is 0.145 e. The Morgan fingerprint density at radius 1 is 1.14 bits per heavy atom. The van der Waals surface area contributed by atoms with E-state index in [1.54, 1.807) is 7.11 Å². The third-order valence-corrected chi connectivity index (χ3v) is 4.32. The zero-order valence-corrected chi connectivity index (χ0v) is 12.7. The third-order valence-electron chi connectivity index (χ3n) is 4.32. The topological polar surface area (TPSA) is 25.4 Å². The summed E-state index contributed by atoms with van der Waals surface area (Å²) < 4.78 is 5.43. The Labute approximate surface area is 126 Å². The highest BCUT2D eigenvalue weighted by molar-refractivity contribution is 5.66. The molecule has 110 valence electrons. The van der Waals surface area contributed by atoms with E-state index in [0.29, 0.717) is 6.04 Å². The number of methoxy groups -OCH3 is 1. The molecule has 2 heterocycles. The van der Waals surface area contributed by atoms with Crippen molar-refractivity contribution in [3.8, 4) is 17.0 Å². The lowest BCUT2D eigenvalue weighted by Crippen LogP contribution is -2.23. The summed E-state index contributed by atoms with van der Waals surface area (Å²) in [6, 6.07) is 13.0. The second kappa shape index (κ2) is 6.27. The van der Waals surface area contributed by atoms with Gasteiger partial charge in [-0.2, -0.15) is 0 Å². The van der Waals surface area contributed by atoms with E-state index < -0.39 is 0 Å². The second-order valence-electron chi connectivity index (χ2n) is 5.60. The molecule has 1 fully saturated rings. The van der Waals surface area contributed by atoms with Crippen LogP contribution in [0.2, 0.25) is 0 Å². The van der Waals surface area contributed by atoms with E-state index in [4.69, 9.17) is 4.74 Å². The van der Waals surface area contributed by atoms with Crippen molar-refractivity contribution in [2.75, 3.05) is 20.2 Å². The van der Waals surface area contributed by atoms with Gasteiger partial charge in [0.1, 0.15) is 11.4 Å². The molecule has 0 saturated carbocycles. The first-order chi connectivity index (χ1) is 10.3. The van der Waals surface area contributed by atoms with Crippen LogP contribution in [-0.4, -0.2) is 30.1 Å². The van der Waals surface area contributed by atoms with E-state index in [9.17, 15) is 0 Å². The fourth-order valence-electron chi connectivity index (χ4n) is 3.06. The predicted octanol–water partition coefficient (Wildman–Crippen LogP) is 3.91. The standard InChI is InChI=1S/C18H22N2O/c1-14(20-11-3-4-12-20)15-7-5-8-16(13-15)18-17(21-2)9-6-10-19-18/h5-10,13-14H,3-4,11-12H2,1-2H3/t14-/m1/s1. The van der Waals surface area contributed by atoms with Gasteiger partial charge in [-0.05, 0) is 56.6 Å². The normalized spacial score (nSPS) is 16.9. The molecule has 21 heavy (non-hydrogen) atoms. The van der Waals surface area contributed by atoms with Gasteiger partial charge in [-0.3, -0.25) is 9.88 Å². The Morgan fingerprint density at radius 2 is 1.95 bits per heavy atom. The minimum absolute atomic E-state index is 0.460. The van der Waals surface area contributed by atoms with Gasteiger partial charge in [0, 0.05) is 17.8 Å². The number of rotatable bonds is 4. The number of aromatic nitrogens is 1. The van der Waals surface area contributed by atoms with Gasteiger partial charge >= 0.3 is 0 Å². The summed E-state index contributed by atoms with van der Waals surface area (Å²) in [5.41, 5.74) is 3.38. The number of pyridine rings is 1. The van der Waals surface area contributed by atoms with Gasteiger partial charge in [-0.1, -0.05) is 18.2 Å². The van der Waals surface area contributed by atoms with Crippen molar-refractivity contribution in [1.82, 2.24) is 9.88 Å². The Balaban J connectivity index is 1.92. The van der Waals surface area contributed by atoms with Crippen molar-refractivity contribution < 1.29 is 4.74 Å². The Morgan fingerprint density at radius 3 is 2.71 bits per heavy atom. The van der Waals surface area contributed by atoms with Crippen LogP contribution in [0, 0.1) is 0 Å². The largest absolute Gasteiger partial charge is 0.494 e. The molecule has 0 N–H and O–H groups in total. The lowest BCUT2D eigenvalue weighted by molar-refractivity contribution is 0.263. The number of nitrogens with zero attached hydrogens (tertiary/aromatic N) is 2. The van der Waals surface area contributed by atoms with Gasteiger partial charge in [0.25, 0.3) is 0 Å². The van der Waals surface area contributed by atoms with Crippen molar-refractivity contribution in [2.45, 2.75) is 25.8 Å². The second-order valence-corrected chi connectivity index (χ2v) is 5.60. The third kappa shape index (κ3) is 2.93. The monoisotopic (exact) mass is 282 g/mol. The SMILES string of the molecule is COc1cccnc1-c1cccc([C@@H](C)N2CCCC2)c1. The molecule has 3 rings (SSSR count). The number of ether oxygens (including phenoxy) is 1. The van der Waals surface area contributed by atoms with E-state index in [2.05, 4.69) is 41.1 Å². The molecule has 1 aromatic heterocycles. The molecule has 1 aliphatic heterocycles. The highest BCUT2D eigenvalue weighted by Gasteiger charge is 2.20. The fraction of sp³-hybridized carbons (Fsp3) is 0.389. The number of likely N-dealkylation sites (tertiary alicyclic amines) is 1. The number of hydrogen-bond acceptors (Lipinski definition) is 3. The maximum Gasteiger partial charge on any atom is 0.145 e. The van der Waals surface area contributed by atoms with Gasteiger partial charge in [-0.25, -0.2) is 0 Å². The Hall–Kier alpha value is -1.87. The first-order valence-electron chi connectivity index (χ1n) is 7.63. The molecule has 2 aromatic rings. The molecule has 0 amide bonds. The van der Waals surface area contributed by atoms with Crippen LogP contribution in [0.3, 0.4) is 0 Å². The van der Waals surface area contributed by atoms with E-state index in [1.165, 1.54) is 31.5 Å². The minimum atomic E-state index is 0.460. The molecule has 0 radical (unpaired) electrons. The highest BCUT2D eigenvalue weighted by Crippen LogP contribution is 2.31. The number of hydrogen-bond donors (Lipinski definition) is 0. The lowest BCUT2D eigenvalue weighted by Gasteiger charge is -2.24. The first kappa shape index (κ1) is 14.1. The average molecular weight is 282 g/mol. The molecule has 3 heteroatoms. The van der Waals surface area contributed by atoms with E-state index in [1.807, 2.05) is 18.3 Å². The molecule has 3 nitrogen and oxygen atoms in total. The van der Waals surface area contributed by atoms with E-state index >= 15 is 0 Å². The maximum atomic E-state index is 5.43. The maximum absolute atomic E-state index is 5.43. The van der Waals surface area contributed by atoms with Crippen molar-refractivity contribution in [2.24, 2.45) is 0 Å². The molecule has 1 aliphatic rings. The van der Waals surface area contributed by atoms with Crippen molar-refractivity contribution in [3.63, 3.8) is 0 Å². The zero-order valence-electron chi connectivity index (χ0n) is 12.7. The molecular formula is C18H22N2O. The summed E-state index contributed by atoms with van der Waals surface area (Å²) in [4.78, 5) is 7.03. The molecule has 1 atom stereocenters. The average Bonchev–Trinajstić information content (AvgIpc) is 3.08. The van der Waals surface area contributed by atoms with Gasteiger partial charge < -0.3 is 4.74 Å². The van der Waals surface area contributed by atoms with E-state index in [0.717, 1.165) is 17.0 Å². The summed E-state index contributed by atoms with van der Waals surface area (Å²) in [6.45, 7) is 4.71. The summed E-state index contributed by atoms with van der Waals surface area (Å²) in [6.07, 6.45) is 4.45. The van der Waals surface area contributed by atoms with Crippen molar-refractivity contribution in [1.29, 1.82) is 0 Å². The Bertz CT molecular complexity index is 606. The molecule has 0 unspecified atom stereocenters. The molecule has 0 bridgehead atoms. The summed E-state index contributed by atoms with van der Waals surface area (Å²) >= 11 is 0. The molecule has 1 aromatic carbocycles. The molecule has 0 aliphatic carbocycles. The lowest BCUT2D eigenvalue weighted by atomic mass is 10.0. The van der Waals surface area contributed by atoms with Crippen molar-refractivity contribution >= 4 is 0 Å². The van der Waals surface area contributed by atoms with Crippen LogP contribution in [0.4, 0.5) is 0 Å². The summed E-state index contributed by atoms with van der Waals surface area (Å²) in [7, 11) is 1.69. The first-order valence-corrected chi connectivity index (χ1v) is 7.63. The van der Waals surface area contributed by atoms with Crippen LogP contribution < -0.4 is 4.74 Å². The van der Waals surface area contributed by atoms with Gasteiger partial charge in [0.05, 0.1) is 7.11 Å². The summed E-state index contributed by atoms with van der Waals surface area (Å²) in [5.74, 6) is 0.823. The highest BCUT2D eigenvalue weighted by atomic mass is 16.5.